The SMILES string of the molecule is Cc1ccc(CC(O)C(C)NC(=O)O)c(Cl)c1. The Kier molecular flexibility index (Phi) is 4.78. The first kappa shape index (κ1) is 13.8. The molecule has 17 heavy (non-hydrogen) atoms. The van der Waals surface area contributed by atoms with Gasteiger partial charge in [0.1, 0.15) is 0 Å². The summed E-state index contributed by atoms with van der Waals surface area (Å²) in [6.07, 6.45) is -1.63. The molecule has 1 amide bonds. The van der Waals surface area contributed by atoms with Crippen LogP contribution in [0.4, 0.5) is 4.79 Å². The fourth-order valence-corrected chi connectivity index (χ4v) is 1.82. The van der Waals surface area contributed by atoms with Crippen LogP contribution in [-0.4, -0.2) is 28.5 Å². The van der Waals surface area contributed by atoms with Crippen molar-refractivity contribution in [2.45, 2.75) is 32.4 Å². The summed E-state index contributed by atoms with van der Waals surface area (Å²) in [5.41, 5.74) is 1.86. The maximum absolute atomic E-state index is 10.4. The van der Waals surface area contributed by atoms with E-state index < -0.39 is 18.2 Å². The normalized spacial score (nSPS) is 14.1. The second-order valence-electron chi connectivity index (χ2n) is 4.10. The molecule has 0 aliphatic carbocycles. The number of carbonyl (C=O) groups is 1. The molecule has 1 aromatic carbocycles. The highest BCUT2D eigenvalue weighted by Crippen LogP contribution is 2.19. The van der Waals surface area contributed by atoms with Crippen LogP contribution in [0.1, 0.15) is 18.1 Å². The Bertz CT molecular complexity index is 409. The maximum Gasteiger partial charge on any atom is 0.404 e. The number of aliphatic hydroxyl groups excluding tert-OH is 1. The number of aryl methyl sites for hydroxylation is 1. The fourth-order valence-electron chi connectivity index (χ4n) is 1.51. The van der Waals surface area contributed by atoms with Crippen LogP contribution >= 0.6 is 11.6 Å². The second kappa shape index (κ2) is 5.89. The maximum atomic E-state index is 10.4. The molecular weight excluding hydrogens is 242 g/mol. The lowest BCUT2D eigenvalue weighted by Gasteiger charge is -2.19. The molecule has 0 bridgehead atoms. The molecule has 3 N–H and O–H groups in total. The first-order valence-corrected chi connectivity index (χ1v) is 5.70. The minimum Gasteiger partial charge on any atom is -0.465 e. The fraction of sp³-hybridized carbons (Fsp3) is 0.417. The van der Waals surface area contributed by atoms with Gasteiger partial charge in [-0.25, -0.2) is 4.79 Å². The summed E-state index contributed by atoms with van der Waals surface area (Å²) in [7, 11) is 0. The van der Waals surface area contributed by atoms with Crippen LogP contribution < -0.4 is 5.32 Å². The van der Waals surface area contributed by atoms with Gasteiger partial charge in [-0.1, -0.05) is 23.7 Å². The van der Waals surface area contributed by atoms with Gasteiger partial charge in [0.15, 0.2) is 0 Å². The van der Waals surface area contributed by atoms with Gasteiger partial charge in [0.25, 0.3) is 0 Å². The Morgan fingerprint density at radius 3 is 2.71 bits per heavy atom. The Balaban J connectivity index is 2.67. The number of amides is 1. The van der Waals surface area contributed by atoms with Crippen molar-refractivity contribution in [1.82, 2.24) is 5.32 Å². The zero-order valence-corrected chi connectivity index (χ0v) is 10.5. The number of carboxylic acid groups (broad SMARTS) is 1. The van der Waals surface area contributed by atoms with Gasteiger partial charge in [-0.05, 0) is 31.0 Å². The molecule has 0 aliphatic rings. The Labute approximate surface area is 105 Å². The van der Waals surface area contributed by atoms with E-state index in [9.17, 15) is 9.90 Å². The minimum atomic E-state index is -1.15. The standard InChI is InChI=1S/C12H16ClNO3/c1-7-3-4-9(10(13)5-7)6-11(15)8(2)14-12(16)17/h3-5,8,11,14-15H,6H2,1-2H3,(H,16,17). The van der Waals surface area contributed by atoms with Crippen molar-refractivity contribution < 1.29 is 15.0 Å². The molecule has 2 atom stereocenters. The van der Waals surface area contributed by atoms with E-state index in [0.717, 1.165) is 11.1 Å². The van der Waals surface area contributed by atoms with E-state index >= 15 is 0 Å². The zero-order chi connectivity index (χ0) is 13.0. The highest BCUT2D eigenvalue weighted by atomic mass is 35.5. The molecule has 4 nitrogen and oxygen atoms in total. The molecule has 2 unspecified atom stereocenters. The zero-order valence-electron chi connectivity index (χ0n) is 9.77. The summed E-state index contributed by atoms with van der Waals surface area (Å²) in [6, 6.07) is 5.03. The second-order valence-corrected chi connectivity index (χ2v) is 4.51. The highest BCUT2D eigenvalue weighted by Gasteiger charge is 2.17. The third-order valence-electron chi connectivity index (χ3n) is 2.57. The van der Waals surface area contributed by atoms with Crippen LogP contribution in [0.2, 0.25) is 5.02 Å². The molecule has 0 heterocycles. The third kappa shape index (κ3) is 4.24. The van der Waals surface area contributed by atoms with Crippen molar-refractivity contribution >= 4 is 17.7 Å². The molecule has 1 aromatic rings. The molecule has 0 saturated heterocycles. The molecule has 0 aliphatic heterocycles. The van der Waals surface area contributed by atoms with E-state index in [2.05, 4.69) is 5.32 Å². The smallest absolute Gasteiger partial charge is 0.404 e. The number of hydrogen-bond acceptors (Lipinski definition) is 2. The van der Waals surface area contributed by atoms with E-state index in [1.165, 1.54) is 0 Å². The molecule has 0 spiro atoms. The van der Waals surface area contributed by atoms with E-state index in [1.807, 2.05) is 25.1 Å². The van der Waals surface area contributed by atoms with Crippen LogP contribution in [0.25, 0.3) is 0 Å². The highest BCUT2D eigenvalue weighted by molar-refractivity contribution is 6.31. The quantitative estimate of drug-likeness (QED) is 0.775. The van der Waals surface area contributed by atoms with Crippen LogP contribution in [0.3, 0.4) is 0 Å². The van der Waals surface area contributed by atoms with E-state index in [4.69, 9.17) is 16.7 Å². The van der Waals surface area contributed by atoms with Crippen LogP contribution in [-0.2, 0) is 6.42 Å². The van der Waals surface area contributed by atoms with Gasteiger partial charge >= 0.3 is 6.09 Å². The predicted octanol–water partition coefficient (Wildman–Crippen LogP) is 2.21. The van der Waals surface area contributed by atoms with Gasteiger partial charge in [-0.15, -0.1) is 0 Å². The van der Waals surface area contributed by atoms with Gasteiger partial charge in [0.2, 0.25) is 0 Å². The average molecular weight is 258 g/mol. The topological polar surface area (TPSA) is 69.6 Å². The summed E-state index contributed by atoms with van der Waals surface area (Å²) >= 11 is 6.04. The van der Waals surface area contributed by atoms with Crippen molar-refractivity contribution in [1.29, 1.82) is 0 Å². The summed E-state index contributed by atoms with van der Waals surface area (Å²) in [5.74, 6) is 0. The first-order valence-electron chi connectivity index (χ1n) is 5.32. The molecule has 0 fully saturated rings. The molecular formula is C12H16ClNO3. The summed E-state index contributed by atoms with van der Waals surface area (Å²) in [6.45, 7) is 3.54. The molecule has 5 heteroatoms. The van der Waals surface area contributed by atoms with Gasteiger partial charge < -0.3 is 15.5 Å². The Morgan fingerprint density at radius 1 is 1.53 bits per heavy atom. The monoisotopic (exact) mass is 257 g/mol. The first-order chi connectivity index (χ1) is 7.90. The van der Waals surface area contributed by atoms with E-state index in [-0.39, 0.29) is 0 Å². The summed E-state index contributed by atoms with van der Waals surface area (Å²) in [4.78, 5) is 10.4. The van der Waals surface area contributed by atoms with E-state index in [1.54, 1.807) is 6.92 Å². The largest absolute Gasteiger partial charge is 0.465 e. The molecule has 0 aromatic heterocycles. The van der Waals surface area contributed by atoms with E-state index in [0.29, 0.717) is 11.4 Å². The average Bonchev–Trinajstić information content (AvgIpc) is 2.21. The third-order valence-corrected chi connectivity index (χ3v) is 2.92. The number of hydrogen-bond donors (Lipinski definition) is 3. The summed E-state index contributed by atoms with van der Waals surface area (Å²) in [5, 5.41) is 21.2. The van der Waals surface area contributed by atoms with Gasteiger partial charge in [0, 0.05) is 11.4 Å². The van der Waals surface area contributed by atoms with Gasteiger partial charge in [0.05, 0.1) is 12.1 Å². The lowest BCUT2D eigenvalue weighted by molar-refractivity contribution is 0.126. The lowest BCUT2D eigenvalue weighted by atomic mass is 10.0. The molecule has 94 valence electrons. The predicted molar refractivity (Wildman–Crippen MR) is 66.5 cm³/mol. The van der Waals surface area contributed by atoms with Crippen molar-refractivity contribution in [3.63, 3.8) is 0 Å². The lowest BCUT2D eigenvalue weighted by Crippen LogP contribution is -2.41. The van der Waals surface area contributed by atoms with Crippen molar-refractivity contribution in [3.8, 4) is 0 Å². The number of halogens is 1. The number of rotatable bonds is 4. The molecule has 0 radical (unpaired) electrons. The van der Waals surface area contributed by atoms with Crippen LogP contribution in [0, 0.1) is 6.92 Å². The van der Waals surface area contributed by atoms with Gasteiger partial charge in [-0.2, -0.15) is 0 Å². The Hall–Kier alpha value is -1.26. The van der Waals surface area contributed by atoms with Crippen molar-refractivity contribution in [3.05, 3.63) is 34.3 Å². The Morgan fingerprint density at radius 2 is 2.18 bits per heavy atom. The number of benzene rings is 1. The van der Waals surface area contributed by atoms with Crippen LogP contribution in [0.5, 0.6) is 0 Å². The number of nitrogens with one attached hydrogen (secondary N) is 1. The van der Waals surface area contributed by atoms with Gasteiger partial charge in [-0.3, -0.25) is 0 Å². The van der Waals surface area contributed by atoms with Crippen molar-refractivity contribution in [2.75, 3.05) is 0 Å². The summed E-state index contributed by atoms with van der Waals surface area (Å²) < 4.78 is 0. The molecule has 1 rings (SSSR count). The number of aliphatic hydroxyl groups is 1. The van der Waals surface area contributed by atoms with Crippen molar-refractivity contribution in [2.24, 2.45) is 0 Å². The van der Waals surface area contributed by atoms with Crippen LogP contribution in [0.15, 0.2) is 18.2 Å². The minimum absolute atomic E-state index is 0.320. The molecule has 0 saturated carbocycles.